The summed E-state index contributed by atoms with van der Waals surface area (Å²) in [5, 5.41) is 2.00. The van der Waals surface area contributed by atoms with Gasteiger partial charge in [-0.3, -0.25) is 4.79 Å². The highest BCUT2D eigenvalue weighted by atomic mass is 16.1. The van der Waals surface area contributed by atoms with Crippen molar-refractivity contribution in [3.63, 3.8) is 0 Å². The van der Waals surface area contributed by atoms with Gasteiger partial charge < -0.3 is 4.98 Å². The van der Waals surface area contributed by atoms with Crippen LogP contribution in [0.4, 0.5) is 0 Å². The Morgan fingerprint density at radius 1 is 1.27 bits per heavy atom. The Kier molecular flexibility index (Phi) is 6.43. The Morgan fingerprint density at radius 2 is 1.87 bits per heavy atom. The van der Waals surface area contributed by atoms with Crippen LogP contribution in [0, 0.1) is 5.92 Å². The molecule has 0 spiro atoms. The zero-order chi connectivity index (χ0) is 11.8. The monoisotopic (exact) mass is 207 g/mol. The van der Waals surface area contributed by atoms with Gasteiger partial charge in [0.25, 0.3) is 0 Å². The minimum absolute atomic E-state index is 0.0472. The van der Waals surface area contributed by atoms with Crippen LogP contribution in [0.2, 0.25) is 0 Å². The lowest BCUT2D eigenvalue weighted by Crippen LogP contribution is -2.33. The average molecular weight is 207 g/mol. The number of hydrogen-bond donors (Lipinski definition) is 1. The van der Waals surface area contributed by atoms with Gasteiger partial charge in [0.15, 0.2) is 0 Å². The number of aromatic nitrogens is 1. The summed E-state index contributed by atoms with van der Waals surface area (Å²) < 4.78 is 0. The number of rotatable bonds is 1. The third kappa shape index (κ3) is 4.63. The number of H-pyrrole nitrogens is 1. The SMILES string of the molecule is C/C=c1/[nH]c(=O)cc/c1=C/C(C)C.CC. The zero-order valence-electron chi connectivity index (χ0n) is 10.3. The van der Waals surface area contributed by atoms with Crippen molar-refractivity contribution in [1.29, 1.82) is 0 Å². The summed E-state index contributed by atoms with van der Waals surface area (Å²) in [6.45, 7) is 10.2. The van der Waals surface area contributed by atoms with Crippen molar-refractivity contribution < 1.29 is 0 Å². The van der Waals surface area contributed by atoms with Gasteiger partial charge in [0.05, 0.1) is 0 Å². The van der Waals surface area contributed by atoms with Crippen LogP contribution in [0.3, 0.4) is 0 Å². The van der Waals surface area contributed by atoms with Gasteiger partial charge in [-0.2, -0.15) is 0 Å². The first-order chi connectivity index (χ1) is 7.13. The van der Waals surface area contributed by atoms with E-state index in [1.165, 1.54) is 0 Å². The predicted molar refractivity (Wildman–Crippen MR) is 67.1 cm³/mol. The predicted octanol–water partition coefficient (Wildman–Crippen LogP) is 1.64. The van der Waals surface area contributed by atoms with Gasteiger partial charge in [-0.1, -0.05) is 39.8 Å². The highest BCUT2D eigenvalue weighted by Crippen LogP contribution is 1.89. The maximum atomic E-state index is 11.0. The molecule has 0 amide bonds. The Hall–Kier alpha value is -1.31. The maximum Gasteiger partial charge on any atom is 0.248 e. The topological polar surface area (TPSA) is 32.9 Å². The third-order valence-corrected chi connectivity index (χ3v) is 1.78. The van der Waals surface area contributed by atoms with E-state index in [0.29, 0.717) is 5.92 Å². The second-order valence-electron chi connectivity index (χ2n) is 3.39. The lowest BCUT2D eigenvalue weighted by atomic mass is 10.1. The molecule has 1 aromatic heterocycles. The van der Waals surface area contributed by atoms with E-state index in [9.17, 15) is 4.79 Å². The summed E-state index contributed by atoms with van der Waals surface area (Å²) in [6.07, 6.45) is 4.04. The summed E-state index contributed by atoms with van der Waals surface area (Å²) in [4.78, 5) is 13.8. The van der Waals surface area contributed by atoms with Crippen molar-refractivity contribution in [2.24, 2.45) is 5.92 Å². The molecule has 0 saturated carbocycles. The van der Waals surface area contributed by atoms with Crippen molar-refractivity contribution in [3.05, 3.63) is 33.1 Å². The minimum Gasteiger partial charge on any atom is -0.322 e. The highest BCUT2D eigenvalue weighted by molar-refractivity contribution is 5.28. The molecule has 0 fully saturated rings. The summed E-state index contributed by atoms with van der Waals surface area (Å²) >= 11 is 0. The lowest BCUT2D eigenvalue weighted by Gasteiger charge is -1.94. The molecule has 0 bridgehead atoms. The first kappa shape index (κ1) is 13.7. The molecule has 15 heavy (non-hydrogen) atoms. The van der Waals surface area contributed by atoms with Crippen LogP contribution < -0.4 is 16.1 Å². The van der Waals surface area contributed by atoms with E-state index < -0.39 is 0 Å². The molecule has 0 radical (unpaired) electrons. The number of pyridine rings is 1. The molecule has 0 aliphatic carbocycles. The second-order valence-corrected chi connectivity index (χ2v) is 3.39. The fourth-order valence-corrected chi connectivity index (χ4v) is 1.25. The van der Waals surface area contributed by atoms with E-state index in [1.54, 1.807) is 6.07 Å². The van der Waals surface area contributed by atoms with Crippen molar-refractivity contribution in [3.8, 4) is 0 Å². The van der Waals surface area contributed by atoms with E-state index in [2.05, 4.69) is 24.9 Å². The van der Waals surface area contributed by atoms with Crippen molar-refractivity contribution >= 4 is 12.2 Å². The average Bonchev–Trinajstić information content (AvgIpc) is 2.23. The van der Waals surface area contributed by atoms with Crippen LogP contribution in [0.1, 0.15) is 34.6 Å². The van der Waals surface area contributed by atoms with E-state index in [0.717, 1.165) is 10.6 Å². The number of hydrogen-bond acceptors (Lipinski definition) is 1. The van der Waals surface area contributed by atoms with E-state index in [1.807, 2.05) is 32.9 Å². The van der Waals surface area contributed by atoms with Crippen LogP contribution in [0.25, 0.3) is 12.2 Å². The van der Waals surface area contributed by atoms with Crippen molar-refractivity contribution in [1.82, 2.24) is 4.98 Å². The molecule has 0 saturated heterocycles. The molecule has 0 aromatic carbocycles. The summed E-state index contributed by atoms with van der Waals surface area (Å²) in [6, 6.07) is 3.41. The second kappa shape index (κ2) is 7.04. The normalized spacial score (nSPS) is 12.7. The van der Waals surface area contributed by atoms with Crippen LogP contribution in [0.15, 0.2) is 16.9 Å². The lowest BCUT2D eigenvalue weighted by molar-refractivity contribution is 0.878. The molecule has 0 atom stereocenters. The molecule has 2 heteroatoms. The van der Waals surface area contributed by atoms with Gasteiger partial charge in [0, 0.05) is 11.4 Å². The number of aromatic amines is 1. The van der Waals surface area contributed by atoms with Gasteiger partial charge >= 0.3 is 0 Å². The Morgan fingerprint density at radius 3 is 2.33 bits per heavy atom. The molecule has 84 valence electrons. The highest BCUT2D eigenvalue weighted by Gasteiger charge is 1.89. The third-order valence-electron chi connectivity index (χ3n) is 1.78. The summed E-state index contributed by atoms with van der Waals surface area (Å²) in [7, 11) is 0. The smallest absolute Gasteiger partial charge is 0.248 e. The Bertz CT molecular complexity index is 440. The fourth-order valence-electron chi connectivity index (χ4n) is 1.25. The summed E-state index contributed by atoms with van der Waals surface area (Å²) in [5.41, 5.74) is -0.0472. The largest absolute Gasteiger partial charge is 0.322 e. The molecular formula is C13H21NO. The molecule has 0 aliphatic heterocycles. The molecule has 0 aliphatic rings. The molecule has 1 heterocycles. The van der Waals surface area contributed by atoms with Crippen LogP contribution >= 0.6 is 0 Å². The first-order valence-electron chi connectivity index (χ1n) is 5.51. The Balaban J connectivity index is 0.000000921. The first-order valence-corrected chi connectivity index (χ1v) is 5.51. The van der Waals surface area contributed by atoms with Crippen LogP contribution in [-0.4, -0.2) is 4.98 Å². The maximum absolute atomic E-state index is 11.0. The van der Waals surface area contributed by atoms with Gasteiger partial charge in [-0.25, -0.2) is 0 Å². The molecule has 1 N–H and O–H groups in total. The van der Waals surface area contributed by atoms with E-state index in [4.69, 9.17) is 0 Å². The molecule has 0 unspecified atom stereocenters. The number of nitrogens with one attached hydrogen (secondary N) is 1. The minimum atomic E-state index is -0.0472. The van der Waals surface area contributed by atoms with Gasteiger partial charge in [0.1, 0.15) is 0 Å². The quantitative estimate of drug-likeness (QED) is 0.746. The standard InChI is InChI=1S/C11H15NO.C2H6/c1-4-10-9(7-8(2)3)5-6-11(13)12-10;1-2/h4-8H,1-3H3,(H,12,13);1-2H3/b9-7-,10-4+;. The van der Waals surface area contributed by atoms with Gasteiger partial charge in [-0.05, 0) is 24.1 Å². The molecule has 1 rings (SSSR count). The van der Waals surface area contributed by atoms with Crippen LogP contribution in [-0.2, 0) is 0 Å². The van der Waals surface area contributed by atoms with E-state index >= 15 is 0 Å². The van der Waals surface area contributed by atoms with Crippen LogP contribution in [0.5, 0.6) is 0 Å². The van der Waals surface area contributed by atoms with Gasteiger partial charge in [-0.15, -0.1) is 0 Å². The van der Waals surface area contributed by atoms with Gasteiger partial charge in [0.2, 0.25) is 5.56 Å². The Labute approximate surface area is 91.4 Å². The van der Waals surface area contributed by atoms with E-state index in [-0.39, 0.29) is 5.56 Å². The summed E-state index contributed by atoms with van der Waals surface area (Å²) in [5.74, 6) is 0.490. The molecule has 2 nitrogen and oxygen atoms in total. The van der Waals surface area contributed by atoms with Crippen molar-refractivity contribution in [2.45, 2.75) is 34.6 Å². The molecule has 1 aromatic rings. The fraction of sp³-hybridized carbons (Fsp3) is 0.462. The zero-order valence-corrected chi connectivity index (χ0v) is 10.3. The molecular weight excluding hydrogens is 186 g/mol. The van der Waals surface area contributed by atoms with Crippen molar-refractivity contribution in [2.75, 3.05) is 0 Å².